The first kappa shape index (κ1) is 20.0. The average Bonchev–Trinajstić information content (AvgIpc) is 3.15. The molecular weight excluding hydrogens is 422 g/mol. The molecule has 0 saturated heterocycles. The second-order valence-electron chi connectivity index (χ2n) is 6.20. The minimum Gasteiger partial charge on any atom is -0.506 e. The molecule has 0 bridgehead atoms. The highest BCUT2D eigenvalue weighted by Crippen LogP contribution is 2.41. The molecule has 4 aromatic rings. The molecule has 11 heteroatoms. The molecule has 0 aliphatic rings. The van der Waals surface area contributed by atoms with Crippen molar-refractivity contribution < 1.29 is 9.90 Å². The summed E-state index contributed by atoms with van der Waals surface area (Å²) >= 11 is 2.59. The number of thioether (sulfide) groups is 1. The molecule has 2 heterocycles. The monoisotopic (exact) mass is 439 g/mol. The molecule has 0 unspecified atom stereocenters. The molecule has 0 saturated carbocycles. The van der Waals surface area contributed by atoms with Crippen molar-refractivity contribution in [2.45, 2.75) is 12.1 Å². The number of nitrogens with one attached hydrogen (secondary N) is 1. The predicted octanol–water partition coefficient (Wildman–Crippen LogP) is 4.61. The van der Waals surface area contributed by atoms with Gasteiger partial charge in [-0.3, -0.25) is 4.79 Å². The van der Waals surface area contributed by atoms with Crippen molar-refractivity contribution in [3.8, 4) is 5.75 Å². The topological polar surface area (TPSA) is 139 Å². The van der Waals surface area contributed by atoms with Crippen LogP contribution in [0.4, 0.5) is 16.4 Å². The second kappa shape index (κ2) is 8.20. The molecule has 4 rings (SSSR count). The van der Waals surface area contributed by atoms with Gasteiger partial charge >= 0.3 is 0 Å². The Morgan fingerprint density at radius 2 is 2.17 bits per heavy atom. The Morgan fingerprint density at radius 1 is 1.33 bits per heavy atom. The normalized spacial score (nSPS) is 11.5. The van der Waals surface area contributed by atoms with Gasteiger partial charge in [0.1, 0.15) is 5.75 Å². The number of nitrogens with zero attached hydrogens (tertiary/aromatic N) is 5. The van der Waals surface area contributed by atoms with Crippen molar-refractivity contribution in [2.24, 2.45) is 16.0 Å². The zero-order chi connectivity index (χ0) is 21.3. The minimum absolute atomic E-state index is 0.0211. The summed E-state index contributed by atoms with van der Waals surface area (Å²) in [5, 5.41) is 25.5. The first-order chi connectivity index (χ1) is 14.5. The van der Waals surface area contributed by atoms with E-state index in [0.29, 0.717) is 44.2 Å². The Labute approximate surface area is 179 Å². The highest BCUT2D eigenvalue weighted by molar-refractivity contribution is 7.98. The van der Waals surface area contributed by atoms with Gasteiger partial charge < -0.3 is 16.2 Å². The van der Waals surface area contributed by atoms with E-state index in [1.807, 2.05) is 19.2 Å². The summed E-state index contributed by atoms with van der Waals surface area (Å²) < 4.78 is 4.31. The van der Waals surface area contributed by atoms with E-state index in [9.17, 15) is 9.90 Å². The number of rotatable bonds is 6. The van der Waals surface area contributed by atoms with Crippen LogP contribution in [-0.2, 0) is 0 Å². The van der Waals surface area contributed by atoms with Crippen LogP contribution < -0.4 is 11.1 Å². The number of azo groups is 1. The lowest BCUT2D eigenvalue weighted by molar-refractivity contribution is 0.0998. The molecule has 30 heavy (non-hydrogen) atoms. The van der Waals surface area contributed by atoms with Crippen LogP contribution in [0.5, 0.6) is 5.75 Å². The third-order valence-electron chi connectivity index (χ3n) is 4.37. The maximum atomic E-state index is 11.8. The van der Waals surface area contributed by atoms with Crippen LogP contribution in [0, 0.1) is 0 Å². The molecule has 9 nitrogen and oxygen atoms in total. The zero-order valence-electron chi connectivity index (χ0n) is 16.1. The quantitative estimate of drug-likeness (QED) is 0.226. The van der Waals surface area contributed by atoms with Crippen LogP contribution in [-0.4, -0.2) is 38.2 Å². The zero-order valence-corrected chi connectivity index (χ0v) is 17.7. The molecule has 0 atom stereocenters. The van der Waals surface area contributed by atoms with Crippen molar-refractivity contribution in [3.05, 3.63) is 36.0 Å². The van der Waals surface area contributed by atoms with Gasteiger partial charge in [-0.15, -0.1) is 10.2 Å². The van der Waals surface area contributed by atoms with Crippen LogP contribution in [0.15, 0.2) is 45.8 Å². The maximum absolute atomic E-state index is 11.8. The van der Waals surface area contributed by atoms with Crippen LogP contribution in [0.2, 0.25) is 0 Å². The van der Waals surface area contributed by atoms with Gasteiger partial charge in [-0.05, 0) is 36.8 Å². The van der Waals surface area contributed by atoms with E-state index >= 15 is 0 Å². The fraction of sp³-hybridized carbons (Fsp3) is 0.158. The number of hydrogen-bond acceptors (Lipinski definition) is 10. The summed E-state index contributed by atoms with van der Waals surface area (Å²) in [6.07, 6.45) is 3.56. The minimum atomic E-state index is -0.749. The predicted molar refractivity (Wildman–Crippen MR) is 119 cm³/mol. The van der Waals surface area contributed by atoms with E-state index in [1.165, 1.54) is 17.8 Å². The Morgan fingerprint density at radius 3 is 2.90 bits per heavy atom. The number of fused-ring (bicyclic) bond motifs is 2. The average molecular weight is 440 g/mol. The van der Waals surface area contributed by atoms with Gasteiger partial charge in [-0.2, -0.15) is 4.37 Å². The fourth-order valence-electron chi connectivity index (χ4n) is 3.04. The largest absolute Gasteiger partial charge is 0.506 e. The number of carbonyl (C=O) groups excluding carboxylic acids is 1. The first-order valence-electron chi connectivity index (χ1n) is 8.94. The number of nitrogens with two attached hydrogens (primary N) is 1. The van der Waals surface area contributed by atoms with Gasteiger partial charge in [-0.25, -0.2) is 9.97 Å². The van der Waals surface area contributed by atoms with Gasteiger partial charge in [-0.1, -0.05) is 23.9 Å². The molecule has 0 radical (unpaired) electrons. The van der Waals surface area contributed by atoms with Gasteiger partial charge in [0.25, 0.3) is 5.91 Å². The third-order valence-corrected chi connectivity index (χ3v) is 5.67. The SMILES string of the molecule is CCNc1cccc2c(O)c(C(N)=O)cc(N=Nc3snc4nc(SC)ncc34)c12. The van der Waals surface area contributed by atoms with E-state index in [4.69, 9.17) is 5.73 Å². The van der Waals surface area contributed by atoms with Crippen molar-refractivity contribution in [1.29, 1.82) is 0 Å². The molecule has 1 amide bonds. The van der Waals surface area contributed by atoms with Crippen LogP contribution in [0.3, 0.4) is 0 Å². The number of benzene rings is 2. The maximum Gasteiger partial charge on any atom is 0.252 e. The van der Waals surface area contributed by atoms with Gasteiger partial charge in [0.05, 0.1) is 16.6 Å². The van der Waals surface area contributed by atoms with E-state index in [2.05, 4.69) is 29.9 Å². The van der Waals surface area contributed by atoms with Crippen LogP contribution in [0.25, 0.3) is 21.8 Å². The summed E-state index contributed by atoms with van der Waals surface area (Å²) in [7, 11) is 0. The summed E-state index contributed by atoms with van der Waals surface area (Å²) in [5.41, 5.74) is 7.14. The molecule has 4 N–H and O–H groups in total. The standard InChI is InChI=1S/C19H17N7O2S2/c1-3-21-12-6-4-5-9-14(12)13(7-10(15(9)27)16(20)28)24-25-18-11-8-22-19(29-2)23-17(11)26-30-18/h4-8,21,27H,3H2,1-2H3,(H2,20,28). The van der Waals surface area contributed by atoms with Crippen molar-refractivity contribution in [1.82, 2.24) is 14.3 Å². The van der Waals surface area contributed by atoms with Gasteiger partial charge in [0, 0.05) is 29.2 Å². The number of phenols is 1. The number of aromatic nitrogens is 3. The summed E-state index contributed by atoms with van der Waals surface area (Å²) in [6.45, 7) is 2.63. The van der Waals surface area contributed by atoms with Gasteiger partial charge in [0.2, 0.25) is 0 Å². The van der Waals surface area contributed by atoms with Crippen molar-refractivity contribution >= 4 is 67.4 Å². The van der Waals surface area contributed by atoms with Crippen LogP contribution in [0.1, 0.15) is 17.3 Å². The van der Waals surface area contributed by atoms with Crippen molar-refractivity contribution in [3.63, 3.8) is 0 Å². The number of hydrogen-bond donors (Lipinski definition) is 3. The lowest BCUT2D eigenvalue weighted by Crippen LogP contribution is -2.11. The molecule has 0 aliphatic heterocycles. The first-order valence-corrected chi connectivity index (χ1v) is 10.9. The van der Waals surface area contributed by atoms with E-state index in [-0.39, 0.29) is 11.3 Å². The highest BCUT2D eigenvalue weighted by Gasteiger charge is 2.18. The molecule has 0 spiro atoms. The fourth-order valence-corrected chi connectivity index (χ4v) is 4.00. The van der Waals surface area contributed by atoms with Gasteiger partial charge in [0.15, 0.2) is 15.8 Å². The third kappa shape index (κ3) is 3.53. The molecule has 152 valence electrons. The summed E-state index contributed by atoms with van der Waals surface area (Å²) in [4.78, 5) is 20.5. The Kier molecular flexibility index (Phi) is 5.46. The smallest absolute Gasteiger partial charge is 0.252 e. The summed E-state index contributed by atoms with van der Waals surface area (Å²) in [5.74, 6) is -0.932. The molecule has 2 aromatic carbocycles. The molecular formula is C19H17N7O2S2. The van der Waals surface area contributed by atoms with E-state index < -0.39 is 5.91 Å². The van der Waals surface area contributed by atoms with E-state index in [0.717, 1.165) is 17.2 Å². The Hall–Kier alpha value is -3.31. The number of anilines is 1. The number of primary amides is 1. The van der Waals surface area contributed by atoms with Crippen molar-refractivity contribution in [2.75, 3.05) is 18.1 Å². The Balaban J connectivity index is 1.89. The molecule has 0 aliphatic carbocycles. The lowest BCUT2D eigenvalue weighted by Gasteiger charge is -2.13. The van der Waals surface area contributed by atoms with Crippen LogP contribution >= 0.6 is 23.3 Å². The number of amides is 1. The summed E-state index contributed by atoms with van der Waals surface area (Å²) in [6, 6.07) is 6.80. The number of aromatic hydroxyl groups is 1. The second-order valence-corrected chi connectivity index (χ2v) is 7.72. The number of carbonyl (C=O) groups is 1. The Bertz CT molecular complexity index is 1300. The lowest BCUT2D eigenvalue weighted by atomic mass is 10.0. The highest BCUT2D eigenvalue weighted by atomic mass is 32.2. The van der Waals surface area contributed by atoms with E-state index in [1.54, 1.807) is 18.3 Å². The molecule has 0 fully saturated rings. The molecule has 2 aromatic heterocycles.